The Morgan fingerprint density at radius 1 is 1.03 bits per heavy atom. The van der Waals surface area contributed by atoms with Gasteiger partial charge in [-0.05, 0) is 29.8 Å². The molecule has 6 rings (SSSR count). The Labute approximate surface area is 203 Å². The molecular weight excluding hydrogens is 462 g/mol. The number of methoxy groups -OCH3 is 1. The van der Waals surface area contributed by atoms with Crippen LogP contribution in [-0.4, -0.2) is 23.2 Å². The van der Waals surface area contributed by atoms with Crippen LogP contribution in [0.4, 0.5) is 0 Å². The third kappa shape index (κ3) is 3.34. The topological polar surface area (TPSA) is 119 Å². The number of aromatic hydroxyl groups is 1. The van der Waals surface area contributed by atoms with Crippen molar-refractivity contribution in [3.05, 3.63) is 98.6 Å². The van der Waals surface area contributed by atoms with E-state index in [4.69, 9.17) is 13.9 Å². The highest BCUT2D eigenvalue weighted by Crippen LogP contribution is 2.45. The van der Waals surface area contributed by atoms with Crippen molar-refractivity contribution >= 4 is 27.8 Å². The molecule has 0 saturated carbocycles. The summed E-state index contributed by atoms with van der Waals surface area (Å²) >= 11 is 0. The molecule has 1 atom stereocenters. The molecule has 8 nitrogen and oxygen atoms in total. The molecule has 0 fully saturated rings. The second kappa shape index (κ2) is 8.13. The Morgan fingerprint density at radius 2 is 1.83 bits per heavy atom. The molecule has 0 spiro atoms. The lowest BCUT2D eigenvalue weighted by Gasteiger charge is -2.25. The fraction of sp³-hybridized carbons (Fsp3) is 0.107. The SMILES string of the molecule is COc1ccc2[nH]c(=O)c(C3CC(=O)Oc4cc(O)c5c(=O)c(-c6ccccc6)coc5c43)cc2c1. The number of nitrogens with one attached hydrogen (secondary N) is 1. The Balaban J connectivity index is 1.62. The third-order valence-electron chi connectivity index (χ3n) is 6.51. The standard InChI is InChI=1S/C28H19NO7/c1-34-16-7-8-20-15(9-16)10-18(28(33)29-20)17-11-23(31)36-22-12-21(30)25-26(32)19(13-35-27(25)24(17)22)14-5-3-2-4-6-14/h2-10,12-13,17,30H,11H2,1H3,(H,29,33). The zero-order chi connectivity index (χ0) is 25.0. The van der Waals surface area contributed by atoms with Crippen LogP contribution in [0.2, 0.25) is 0 Å². The average Bonchev–Trinajstić information content (AvgIpc) is 2.88. The number of esters is 1. The van der Waals surface area contributed by atoms with Gasteiger partial charge >= 0.3 is 5.97 Å². The Kier molecular flexibility index (Phi) is 4.89. The molecule has 2 aromatic heterocycles. The van der Waals surface area contributed by atoms with Crippen LogP contribution in [0.5, 0.6) is 17.2 Å². The van der Waals surface area contributed by atoms with Crippen LogP contribution in [0.3, 0.4) is 0 Å². The summed E-state index contributed by atoms with van der Waals surface area (Å²) in [6.07, 6.45) is 1.18. The molecule has 0 saturated heterocycles. The number of carbonyl (C=O) groups excluding carboxylic acids is 1. The van der Waals surface area contributed by atoms with Crippen molar-refractivity contribution in [2.45, 2.75) is 12.3 Å². The summed E-state index contributed by atoms with van der Waals surface area (Å²) in [5.74, 6) is -1.06. The predicted molar refractivity (Wildman–Crippen MR) is 133 cm³/mol. The number of rotatable bonds is 3. The number of fused-ring (bicyclic) bond motifs is 4. The maximum absolute atomic E-state index is 13.4. The zero-order valence-corrected chi connectivity index (χ0v) is 19.0. The molecule has 3 aromatic carbocycles. The highest BCUT2D eigenvalue weighted by molar-refractivity contribution is 5.94. The minimum Gasteiger partial charge on any atom is -0.507 e. The van der Waals surface area contributed by atoms with Crippen molar-refractivity contribution < 1.29 is 23.8 Å². The van der Waals surface area contributed by atoms with E-state index >= 15 is 0 Å². The van der Waals surface area contributed by atoms with Crippen LogP contribution in [-0.2, 0) is 4.79 Å². The number of H-pyrrole nitrogens is 1. The van der Waals surface area contributed by atoms with E-state index in [2.05, 4.69) is 4.98 Å². The number of aromatic amines is 1. The minimum atomic E-state index is -0.769. The molecule has 5 aromatic rings. The quantitative estimate of drug-likeness (QED) is 0.289. The van der Waals surface area contributed by atoms with Gasteiger partial charge in [0.15, 0.2) is 0 Å². The first-order chi connectivity index (χ1) is 17.4. The van der Waals surface area contributed by atoms with Crippen LogP contribution in [0.15, 0.2) is 80.9 Å². The Bertz CT molecular complexity index is 1800. The number of aromatic nitrogens is 1. The second-order valence-corrected chi connectivity index (χ2v) is 8.59. The zero-order valence-electron chi connectivity index (χ0n) is 19.0. The summed E-state index contributed by atoms with van der Waals surface area (Å²) in [4.78, 5) is 41.9. The summed E-state index contributed by atoms with van der Waals surface area (Å²) in [5.41, 5.74) is 1.42. The lowest BCUT2D eigenvalue weighted by atomic mass is 9.85. The fourth-order valence-electron chi connectivity index (χ4n) is 4.80. The molecule has 1 unspecified atom stereocenters. The molecule has 8 heteroatoms. The molecule has 2 N–H and O–H groups in total. The number of ether oxygens (including phenoxy) is 2. The van der Waals surface area contributed by atoms with E-state index in [1.165, 1.54) is 12.3 Å². The first-order valence-corrected chi connectivity index (χ1v) is 11.2. The number of carbonyl (C=O) groups is 1. The predicted octanol–water partition coefficient (Wildman–Crippen LogP) is 4.46. The van der Waals surface area contributed by atoms with E-state index in [1.807, 2.05) is 6.07 Å². The molecule has 1 aliphatic heterocycles. The lowest BCUT2D eigenvalue weighted by molar-refractivity contribution is -0.135. The highest BCUT2D eigenvalue weighted by Gasteiger charge is 2.35. The van der Waals surface area contributed by atoms with E-state index in [-0.39, 0.29) is 40.0 Å². The van der Waals surface area contributed by atoms with Gasteiger partial charge in [-0.3, -0.25) is 14.4 Å². The summed E-state index contributed by atoms with van der Waals surface area (Å²) in [7, 11) is 1.55. The molecule has 0 bridgehead atoms. The van der Waals surface area contributed by atoms with E-state index in [9.17, 15) is 19.5 Å². The van der Waals surface area contributed by atoms with E-state index in [0.29, 0.717) is 33.3 Å². The van der Waals surface area contributed by atoms with Crippen molar-refractivity contribution in [3.63, 3.8) is 0 Å². The fourth-order valence-corrected chi connectivity index (χ4v) is 4.80. The van der Waals surface area contributed by atoms with Crippen molar-refractivity contribution in [1.82, 2.24) is 4.98 Å². The van der Waals surface area contributed by atoms with Gasteiger partial charge in [-0.2, -0.15) is 0 Å². The molecule has 0 aliphatic carbocycles. The van der Waals surface area contributed by atoms with Gasteiger partial charge in [-0.15, -0.1) is 0 Å². The van der Waals surface area contributed by atoms with Gasteiger partial charge in [-0.1, -0.05) is 30.3 Å². The van der Waals surface area contributed by atoms with Crippen molar-refractivity contribution in [3.8, 4) is 28.4 Å². The van der Waals surface area contributed by atoms with Crippen LogP contribution >= 0.6 is 0 Å². The number of hydrogen-bond acceptors (Lipinski definition) is 7. The number of phenols is 1. The van der Waals surface area contributed by atoms with Crippen molar-refractivity contribution in [2.24, 2.45) is 0 Å². The average molecular weight is 481 g/mol. The van der Waals surface area contributed by atoms with Gasteiger partial charge in [0.2, 0.25) is 5.43 Å². The molecule has 36 heavy (non-hydrogen) atoms. The van der Waals surface area contributed by atoms with Crippen LogP contribution in [0, 0.1) is 0 Å². The largest absolute Gasteiger partial charge is 0.507 e. The third-order valence-corrected chi connectivity index (χ3v) is 6.51. The first-order valence-electron chi connectivity index (χ1n) is 11.2. The summed E-state index contributed by atoms with van der Waals surface area (Å²) < 4.78 is 16.6. The number of hydrogen-bond donors (Lipinski definition) is 2. The van der Waals surface area contributed by atoms with E-state index in [1.54, 1.807) is 55.6 Å². The van der Waals surface area contributed by atoms with Gasteiger partial charge < -0.3 is 24.0 Å². The van der Waals surface area contributed by atoms with Gasteiger partial charge in [0, 0.05) is 34.0 Å². The van der Waals surface area contributed by atoms with E-state index in [0.717, 1.165) is 0 Å². The van der Waals surface area contributed by atoms with Crippen LogP contribution < -0.4 is 20.5 Å². The number of phenolic OH excluding ortho intramolecular Hbond substituents is 1. The lowest BCUT2D eigenvalue weighted by Crippen LogP contribution is -2.26. The van der Waals surface area contributed by atoms with Gasteiger partial charge in [0.25, 0.3) is 5.56 Å². The van der Waals surface area contributed by atoms with Crippen LogP contribution in [0.25, 0.3) is 33.0 Å². The van der Waals surface area contributed by atoms with E-state index < -0.39 is 17.3 Å². The number of pyridine rings is 1. The second-order valence-electron chi connectivity index (χ2n) is 8.59. The highest BCUT2D eigenvalue weighted by atomic mass is 16.5. The first kappa shape index (κ1) is 21.7. The monoisotopic (exact) mass is 481 g/mol. The maximum atomic E-state index is 13.4. The Hall–Kier alpha value is -4.85. The molecule has 178 valence electrons. The summed E-state index contributed by atoms with van der Waals surface area (Å²) in [5, 5.41) is 11.4. The molecule has 3 heterocycles. The van der Waals surface area contributed by atoms with Gasteiger partial charge in [0.1, 0.15) is 34.5 Å². The van der Waals surface area contributed by atoms with Crippen LogP contribution in [0.1, 0.15) is 23.5 Å². The normalized spacial score (nSPS) is 15.0. The maximum Gasteiger partial charge on any atom is 0.312 e. The van der Waals surface area contributed by atoms with Gasteiger partial charge in [0.05, 0.1) is 19.1 Å². The molecule has 0 amide bonds. The minimum absolute atomic E-state index is 0.0435. The Morgan fingerprint density at radius 3 is 2.61 bits per heavy atom. The number of benzene rings is 3. The smallest absolute Gasteiger partial charge is 0.312 e. The van der Waals surface area contributed by atoms with Crippen molar-refractivity contribution in [1.29, 1.82) is 0 Å². The molecule has 0 radical (unpaired) electrons. The summed E-state index contributed by atoms with van der Waals surface area (Å²) in [6, 6.07) is 17.1. The van der Waals surface area contributed by atoms with Gasteiger partial charge in [-0.25, -0.2) is 0 Å². The molecular formula is C28H19NO7. The summed E-state index contributed by atoms with van der Waals surface area (Å²) in [6.45, 7) is 0. The van der Waals surface area contributed by atoms with Crippen molar-refractivity contribution in [2.75, 3.05) is 7.11 Å². The molecule has 1 aliphatic rings.